The van der Waals surface area contributed by atoms with Gasteiger partial charge in [-0.15, -0.1) is 11.3 Å². The second-order valence-corrected chi connectivity index (χ2v) is 8.68. The van der Waals surface area contributed by atoms with Crippen molar-refractivity contribution in [1.82, 2.24) is 4.57 Å². The van der Waals surface area contributed by atoms with Crippen molar-refractivity contribution >= 4 is 22.7 Å². The maximum Gasteiger partial charge on any atom is 0.270 e. The van der Waals surface area contributed by atoms with Crippen molar-refractivity contribution in [3.63, 3.8) is 0 Å². The van der Waals surface area contributed by atoms with Gasteiger partial charge in [0, 0.05) is 29.1 Å². The fraction of sp³-hybridized carbons (Fsp3) is 0.348. The van der Waals surface area contributed by atoms with E-state index in [1.807, 2.05) is 12.1 Å². The molecule has 0 atom stereocenters. The van der Waals surface area contributed by atoms with Crippen LogP contribution < -0.4 is 4.80 Å². The number of para-hydroxylation sites is 1. The Balaban J connectivity index is 1.89. The third-order valence-electron chi connectivity index (χ3n) is 5.56. The summed E-state index contributed by atoms with van der Waals surface area (Å²) in [7, 11) is 0. The van der Waals surface area contributed by atoms with Crippen LogP contribution in [0.5, 0.6) is 0 Å². The Bertz CT molecular complexity index is 1090. The fourth-order valence-corrected chi connectivity index (χ4v) is 5.07. The van der Waals surface area contributed by atoms with E-state index >= 15 is 0 Å². The van der Waals surface area contributed by atoms with E-state index in [0.717, 1.165) is 34.6 Å². The van der Waals surface area contributed by atoms with Crippen molar-refractivity contribution in [2.45, 2.75) is 51.5 Å². The molecule has 0 radical (unpaired) electrons. The lowest BCUT2D eigenvalue weighted by molar-refractivity contribution is -0.384. The van der Waals surface area contributed by atoms with Crippen LogP contribution in [0.4, 0.5) is 11.4 Å². The summed E-state index contributed by atoms with van der Waals surface area (Å²) in [5, 5.41) is 13.3. The molecular formula is C23H25N3O2S. The number of nitrogens with zero attached hydrogens (tertiary/aromatic N) is 3. The highest BCUT2D eigenvalue weighted by molar-refractivity contribution is 7.07. The van der Waals surface area contributed by atoms with Gasteiger partial charge in [-0.05, 0) is 30.4 Å². The number of nitro benzene ring substituents is 1. The van der Waals surface area contributed by atoms with Gasteiger partial charge in [0.05, 0.1) is 16.3 Å². The molecule has 0 spiro atoms. The van der Waals surface area contributed by atoms with Gasteiger partial charge in [-0.2, -0.15) is 0 Å². The Kier molecular flexibility index (Phi) is 5.62. The first-order chi connectivity index (χ1) is 14.0. The normalized spacial score (nSPS) is 15.3. The molecule has 29 heavy (non-hydrogen) atoms. The van der Waals surface area contributed by atoms with Crippen molar-refractivity contribution in [2.75, 3.05) is 0 Å². The summed E-state index contributed by atoms with van der Waals surface area (Å²) < 4.78 is 2.31. The highest BCUT2D eigenvalue weighted by Crippen LogP contribution is 2.35. The molecule has 1 aliphatic rings. The van der Waals surface area contributed by atoms with Gasteiger partial charge in [-0.1, -0.05) is 57.0 Å². The average Bonchev–Trinajstić information content (AvgIpc) is 3.38. The van der Waals surface area contributed by atoms with Gasteiger partial charge in [0.1, 0.15) is 0 Å². The third kappa shape index (κ3) is 4.03. The number of benzene rings is 2. The Morgan fingerprint density at radius 2 is 1.90 bits per heavy atom. The molecule has 1 heterocycles. The molecule has 1 fully saturated rings. The number of hydrogen-bond acceptors (Lipinski definition) is 4. The lowest BCUT2D eigenvalue weighted by atomic mass is 10.0. The van der Waals surface area contributed by atoms with Gasteiger partial charge in [0.25, 0.3) is 5.69 Å². The topological polar surface area (TPSA) is 60.4 Å². The first kappa shape index (κ1) is 19.6. The quantitative estimate of drug-likeness (QED) is 0.353. The summed E-state index contributed by atoms with van der Waals surface area (Å²) >= 11 is 1.61. The summed E-state index contributed by atoms with van der Waals surface area (Å²) in [5.74, 6) is 0.395. The van der Waals surface area contributed by atoms with Crippen LogP contribution in [0.15, 0.2) is 58.9 Å². The highest BCUT2D eigenvalue weighted by atomic mass is 32.1. The van der Waals surface area contributed by atoms with Crippen LogP contribution in [0, 0.1) is 10.1 Å². The van der Waals surface area contributed by atoms with Crippen molar-refractivity contribution in [3.05, 3.63) is 74.4 Å². The molecular weight excluding hydrogens is 382 g/mol. The maximum atomic E-state index is 11.3. The zero-order valence-corrected chi connectivity index (χ0v) is 17.6. The van der Waals surface area contributed by atoms with E-state index < -0.39 is 0 Å². The molecule has 0 bridgehead atoms. The van der Waals surface area contributed by atoms with Crippen molar-refractivity contribution in [2.24, 2.45) is 4.99 Å². The number of thiazole rings is 1. The molecule has 0 N–H and O–H groups in total. The largest absolute Gasteiger partial charge is 0.313 e. The van der Waals surface area contributed by atoms with Gasteiger partial charge >= 0.3 is 0 Å². The second-order valence-electron chi connectivity index (χ2n) is 7.84. The summed E-state index contributed by atoms with van der Waals surface area (Å²) in [6.07, 6.45) is 4.67. The molecule has 0 saturated heterocycles. The molecule has 5 nitrogen and oxygen atoms in total. The molecule has 6 heteroatoms. The van der Waals surface area contributed by atoms with Crippen molar-refractivity contribution < 1.29 is 4.92 Å². The zero-order valence-electron chi connectivity index (χ0n) is 16.7. The van der Waals surface area contributed by atoms with Crippen LogP contribution in [0.25, 0.3) is 11.3 Å². The zero-order chi connectivity index (χ0) is 20.4. The number of nitro groups is 1. The van der Waals surface area contributed by atoms with Crippen LogP contribution in [-0.2, 0) is 0 Å². The van der Waals surface area contributed by atoms with Gasteiger partial charge in [0.15, 0.2) is 4.80 Å². The van der Waals surface area contributed by atoms with E-state index in [1.54, 1.807) is 29.5 Å². The monoisotopic (exact) mass is 407 g/mol. The van der Waals surface area contributed by atoms with Crippen LogP contribution in [0.1, 0.15) is 57.1 Å². The summed E-state index contributed by atoms with van der Waals surface area (Å²) in [4.78, 5) is 16.9. The molecule has 1 aliphatic carbocycles. The minimum atomic E-state index is -0.333. The predicted octanol–water partition coefficient (Wildman–Crippen LogP) is 6.60. The lowest BCUT2D eigenvalue weighted by Crippen LogP contribution is -2.20. The maximum absolute atomic E-state index is 11.3. The Morgan fingerprint density at radius 1 is 1.14 bits per heavy atom. The first-order valence-corrected chi connectivity index (χ1v) is 11.0. The molecule has 1 aromatic heterocycles. The number of hydrogen-bond donors (Lipinski definition) is 0. The molecule has 2 aromatic carbocycles. The average molecular weight is 408 g/mol. The SMILES string of the molecule is CC(C)c1ccccc1N=c1scc(-c2cccc([N+](=O)[O-])c2)n1C1CCCC1. The van der Waals surface area contributed by atoms with Gasteiger partial charge in [0.2, 0.25) is 0 Å². The van der Waals surface area contributed by atoms with Crippen LogP contribution >= 0.6 is 11.3 Å². The second kappa shape index (κ2) is 8.33. The van der Waals surface area contributed by atoms with Crippen LogP contribution in [0.3, 0.4) is 0 Å². The Hall–Kier alpha value is -2.73. The van der Waals surface area contributed by atoms with E-state index in [9.17, 15) is 10.1 Å². The van der Waals surface area contributed by atoms with E-state index in [4.69, 9.17) is 4.99 Å². The summed E-state index contributed by atoms with van der Waals surface area (Å²) in [6, 6.07) is 15.6. The molecule has 150 valence electrons. The van der Waals surface area contributed by atoms with E-state index in [2.05, 4.69) is 42.0 Å². The van der Waals surface area contributed by atoms with E-state index in [1.165, 1.54) is 18.4 Å². The Labute approximate surface area is 174 Å². The lowest BCUT2D eigenvalue weighted by Gasteiger charge is -2.16. The number of rotatable bonds is 5. The standard InChI is InChI=1S/C23H25N3O2S/c1-16(2)20-12-5-6-13-21(20)24-23-25(18-9-3-4-10-18)22(15-29-23)17-8-7-11-19(14-17)26(27)28/h5-8,11-16,18H,3-4,9-10H2,1-2H3. The smallest absolute Gasteiger partial charge is 0.270 e. The molecule has 4 rings (SSSR count). The first-order valence-electron chi connectivity index (χ1n) is 10.1. The van der Waals surface area contributed by atoms with Gasteiger partial charge < -0.3 is 4.57 Å². The molecule has 0 unspecified atom stereocenters. The van der Waals surface area contributed by atoms with Crippen LogP contribution in [0.2, 0.25) is 0 Å². The van der Waals surface area contributed by atoms with Gasteiger partial charge in [-0.3, -0.25) is 10.1 Å². The predicted molar refractivity (Wildman–Crippen MR) is 118 cm³/mol. The summed E-state index contributed by atoms with van der Waals surface area (Å²) in [6.45, 7) is 4.37. The minimum absolute atomic E-state index is 0.121. The summed E-state index contributed by atoms with van der Waals surface area (Å²) in [5.41, 5.74) is 4.25. The minimum Gasteiger partial charge on any atom is -0.313 e. The Morgan fingerprint density at radius 3 is 2.62 bits per heavy atom. The highest BCUT2D eigenvalue weighted by Gasteiger charge is 2.22. The number of aromatic nitrogens is 1. The number of non-ortho nitro benzene ring substituents is 1. The fourth-order valence-electron chi connectivity index (χ4n) is 4.09. The van der Waals surface area contributed by atoms with Crippen molar-refractivity contribution in [1.29, 1.82) is 0 Å². The van der Waals surface area contributed by atoms with E-state index in [0.29, 0.717) is 12.0 Å². The van der Waals surface area contributed by atoms with Crippen molar-refractivity contribution in [3.8, 4) is 11.3 Å². The molecule has 0 aliphatic heterocycles. The molecule has 3 aromatic rings. The van der Waals surface area contributed by atoms with Crippen LogP contribution in [-0.4, -0.2) is 9.49 Å². The molecule has 1 saturated carbocycles. The molecule has 0 amide bonds. The third-order valence-corrected chi connectivity index (χ3v) is 6.40. The van der Waals surface area contributed by atoms with E-state index in [-0.39, 0.29) is 10.6 Å². The van der Waals surface area contributed by atoms with Gasteiger partial charge in [-0.25, -0.2) is 4.99 Å².